The summed E-state index contributed by atoms with van der Waals surface area (Å²) in [4.78, 5) is 40.9. The van der Waals surface area contributed by atoms with Gasteiger partial charge < -0.3 is 23.4 Å². The van der Waals surface area contributed by atoms with Crippen LogP contribution in [0.3, 0.4) is 0 Å². The molecule has 218 valence electrons. The van der Waals surface area contributed by atoms with Crippen LogP contribution in [0.15, 0.2) is 72.3 Å². The van der Waals surface area contributed by atoms with Crippen LogP contribution in [0, 0.1) is 6.92 Å². The Labute approximate surface area is 249 Å². The topological polar surface area (TPSA) is 127 Å². The number of aromatic nitrogens is 3. The molecule has 0 unspecified atom stereocenters. The number of allylic oxidation sites excluding steroid dienone is 1. The van der Waals surface area contributed by atoms with Crippen LogP contribution in [0.2, 0.25) is 0 Å². The van der Waals surface area contributed by atoms with E-state index in [1.807, 2.05) is 13.0 Å². The Morgan fingerprint density at radius 1 is 1.12 bits per heavy atom. The van der Waals surface area contributed by atoms with Crippen LogP contribution in [0.25, 0.3) is 6.08 Å². The number of esters is 1. The van der Waals surface area contributed by atoms with E-state index in [-0.39, 0.29) is 17.7 Å². The third-order valence-corrected chi connectivity index (χ3v) is 8.14. The molecule has 0 fully saturated rings. The summed E-state index contributed by atoms with van der Waals surface area (Å²) in [5, 5.41) is 1.14. The van der Waals surface area contributed by atoms with Crippen molar-refractivity contribution in [3.63, 3.8) is 0 Å². The molecule has 1 aromatic carbocycles. The van der Waals surface area contributed by atoms with E-state index in [1.165, 1.54) is 49.0 Å². The van der Waals surface area contributed by atoms with E-state index in [0.29, 0.717) is 53.9 Å². The molecule has 0 bridgehead atoms. The Hall–Kier alpha value is -4.36. The molecule has 5 rings (SSSR count). The monoisotopic (exact) mass is 608 g/mol. The predicted molar refractivity (Wildman–Crippen MR) is 156 cm³/mol. The van der Waals surface area contributed by atoms with Crippen molar-refractivity contribution in [2.75, 3.05) is 27.9 Å². The van der Waals surface area contributed by atoms with E-state index in [0.717, 1.165) is 5.69 Å². The van der Waals surface area contributed by atoms with Crippen molar-refractivity contribution in [1.82, 2.24) is 14.5 Å². The number of fused-ring (bicyclic) bond motifs is 1. The first kappa shape index (κ1) is 29.1. The second-order valence-corrected chi connectivity index (χ2v) is 11.0. The summed E-state index contributed by atoms with van der Waals surface area (Å²) < 4.78 is 29.8. The molecular weight excluding hydrogens is 580 g/mol. The molecule has 0 N–H and O–H groups in total. The highest BCUT2D eigenvalue weighted by atomic mass is 32.2. The molecule has 1 aliphatic rings. The first-order chi connectivity index (χ1) is 20.3. The lowest BCUT2D eigenvalue weighted by atomic mass is 9.95. The van der Waals surface area contributed by atoms with E-state index in [9.17, 15) is 9.59 Å². The zero-order chi connectivity index (χ0) is 30.0. The minimum absolute atomic E-state index is 0.161. The van der Waals surface area contributed by atoms with Crippen LogP contribution in [0.4, 0.5) is 0 Å². The number of hydrogen-bond donors (Lipinski definition) is 0. The normalized spacial score (nSPS) is 14.8. The van der Waals surface area contributed by atoms with E-state index in [1.54, 1.807) is 50.4 Å². The number of aryl methyl sites for hydroxylation is 1. The number of benzene rings is 1. The number of rotatable bonds is 9. The fraction of sp³-hybridized carbons (Fsp3) is 0.276. The van der Waals surface area contributed by atoms with Gasteiger partial charge in [0.1, 0.15) is 5.76 Å². The Morgan fingerprint density at radius 2 is 1.86 bits per heavy atom. The summed E-state index contributed by atoms with van der Waals surface area (Å²) in [6.45, 7) is 5.49. The van der Waals surface area contributed by atoms with Gasteiger partial charge >= 0.3 is 5.97 Å². The molecule has 0 saturated carbocycles. The summed E-state index contributed by atoms with van der Waals surface area (Å²) >= 11 is 2.47. The lowest BCUT2D eigenvalue weighted by molar-refractivity contribution is -0.139. The van der Waals surface area contributed by atoms with Crippen molar-refractivity contribution in [1.29, 1.82) is 0 Å². The molecule has 11 nitrogen and oxygen atoms in total. The number of hydrogen-bond acceptors (Lipinski definition) is 12. The average Bonchev–Trinajstić information content (AvgIpc) is 3.54. The largest absolute Gasteiger partial charge is 0.493 e. The summed E-state index contributed by atoms with van der Waals surface area (Å²) in [7, 11) is 4.51. The lowest BCUT2D eigenvalue weighted by Crippen LogP contribution is -2.40. The third kappa shape index (κ3) is 5.57. The number of ether oxygens (including phenoxy) is 4. The van der Waals surface area contributed by atoms with Crippen LogP contribution in [-0.4, -0.2) is 48.4 Å². The van der Waals surface area contributed by atoms with Gasteiger partial charge in [-0.2, -0.15) is 0 Å². The zero-order valence-electron chi connectivity index (χ0n) is 23.8. The van der Waals surface area contributed by atoms with Gasteiger partial charge in [-0.15, -0.1) is 0 Å². The quantitative estimate of drug-likeness (QED) is 0.205. The molecule has 0 radical (unpaired) electrons. The average molecular weight is 609 g/mol. The zero-order valence-corrected chi connectivity index (χ0v) is 25.4. The Morgan fingerprint density at radius 3 is 2.50 bits per heavy atom. The second kappa shape index (κ2) is 12.2. The summed E-state index contributed by atoms with van der Waals surface area (Å²) in [6, 6.07) is 7.94. The number of furan rings is 1. The molecule has 4 aromatic rings. The molecular formula is C29H28N4O7S2. The lowest BCUT2D eigenvalue weighted by Gasteiger charge is -2.26. The fourth-order valence-electron chi connectivity index (χ4n) is 4.53. The number of carbonyl (C=O) groups excluding carboxylic acids is 1. The Balaban J connectivity index is 1.64. The minimum Gasteiger partial charge on any atom is -0.493 e. The molecule has 0 amide bonds. The highest BCUT2D eigenvalue weighted by Gasteiger charge is 2.34. The van der Waals surface area contributed by atoms with Crippen molar-refractivity contribution in [3.05, 3.63) is 84.5 Å². The van der Waals surface area contributed by atoms with E-state index >= 15 is 0 Å². The van der Waals surface area contributed by atoms with Gasteiger partial charge in [-0.25, -0.2) is 19.8 Å². The first-order valence-electron chi connectivity index (χ1n) is 12.8. The van der Waals surface area contributed by atoms with Gasteiger partial charge in [0, 0.05) is 18.0 Å². The second-order valence-electron chi connectivity index (χ2n) is 9.00. The van der Waals surface area contributed by atoms with Gasteiger partial charge in [0.2, 0.25) is 5.75 Å². The van der Waals surface area contributed by atoms with Crippen molar-refractivity contribution >= 4 is 35.1 Å². The standard InChI is InChI=1S/C29H28N4O7S2/c1-7-39-27(35)23-16(3)32-29-33(24(23)17-12-19(36-4)25(38-6)20(13-17)37-5)26(34)21(41-29)14-18-8-9-22(40-18)42-28-30-11-10-15(2)31-28/h8-14,24H,7H2,1-6H3/b21-14+/t24-/m0/s1. The molecule has 0 aliphatic carbocycles. The van der Waals surface area contributed by atoms with Gasteiger partial charge in [-0.3, -0.25) is 9.36 Å². The SMILES string of the molecule is CCOC(=O)C1=C(C)N=c2s/c(=C/c3ccc(Sc4nccc(C)n4)o3)c(=O)n2[C@H]1c1cc(OC)c(OC)c(OC)c1. The van der Waals surface area contributed by atoms with Crippen molar-refractivity contribution in [3.8, 4) is 17.2 Å². The maximum atomic E-state index is 14.0. The molecule has 0 saturated heterocycles. The van der Waals surface area contributed by atoms with E-state index in [2.05, 4.69) is 15.0 Å². The Bertz CT molecular complexity index is 1850. The number of carbonyl (C=O) groups is 1. The predicted octanol–water partition coefficient (Wildman–Crippen LogP) is 3.67. The van der Waals surface area contributed by atoms with Crippen molar-refractivity contribution in [2.45, 2.75) is 37.1 Å². The van der Waals surface area contributed by atoms with Crippen LogP contribution in [0.1, 0.15) is 36.9 Å². The summed E-state index contributed by atoms with van der Waals surface area (Å²) in [6.07, 6.45) is 3.34. The molecule has 42 heavy (non-hydrogen) atoms. The summed E-state index contributed by atoms with van der Waals surface area (Å²) in [5.41, 5.74) is 1.73. The number of thiazole rings is 1. The molecule has 1 aliphatic heterocycles. The number of methoxy groups -OCH3 is 3. The molecule has 4 heterocycles. The van der Waals surface area contributed by atoms with E-state index in [4.69, 9.17) is 23.4 Å². The van der Waals surface area contributed by atoms with Crippen molar-refractivity contribution < 1.29 is 28.2 Å². The fourth-order valence-corrected chi connectivity index (χ4v) is 6.31. The van der Waals surface area contributed by atoms with Gasteiger partial charge in [-0.1, -0.05) is 11.3 Å². The van der Waals surface area contributed by atoms with Gasteiger partial charge in [0.15, 0.2) is 26.5 Å². The van der Waals surface area contributed by atoms with Crippen LogP contribution in [-0.2, 0) is 9.53 Å². The molecule has 13 heteroatoms. The van der Waals surface area contributed by atoms with Gasteiger partial charge in [0.05, 0.1) is 49.8 Å². The van der Waals surface area contributed by atoms with Crippen molar-refractivity contribution in [2.24, 2.45) is 4.99 Å². The highest BCUT2D eigenvalue weighted by molar-refractivity contribution is 7.99. The minimum atomic E-state index is -0.864. The Kier molecular flexibility index (Phi) is 8.50. The smallest absolute Gasteiger partial charge is 0.338 e. The maximum Gasteiger partial charge on any atom is 0.338 e. The van der Waals surface area contributed by atoms with E-state index < -0.39 is 12.0 Å². The van der Waals surface area contributed by atoms with Crippen LogP contribution >= 0.6 is 23.1 Å². The summed E-state index contributed by atoms with van der Waals surface area (Å²) in [5.74, 6) is 1.05. The highest BCUT2D eigenvalue weighted by Crippen LogP contribution is 2.42. The van der Waals surface area contributed by atoms with Gasteiger partial charge in [0.25, 0.3) is 5.56 Å². The van der Waals surface area contributed by atoms with Crippen LogP contribution in [0.5, 0.6) is 17.2 Å². The maximum absolute atomic E-state index is 14.0. The molecule has 1 atom stereocenters. The van der Waals surface area contributed by atoms with Gasteiger partial charge in [-0.05, 0) is 68.4 Å². The first-order valence-corrected chi connectivity index (χ1v) is 14.5. The van der Waals surface area contributed by atoms with Crippen LogP contribution < -0.4 is 29.1 Å². The number of nitrogens with zero attached hydrogens (tertiary/aromatic N) is 4. The third-order valence-electron chi connectivity index (χ3n) is 6.36. The molecule has 3 aromatic heterocycles. The molecule has 0 spiro atoms.